The summed E-state index contributed by atoms with van der Waals surface area (Å²) in [5.74, 6) is -0.487. The number of benzene rings is 2. The lowest BCUT2D eigenvalue weighted by atomic mass is 9.92. The lowest BCUT2D eigenvalue weighted by molar-refractivity contribution is -0.131. The molecule has 2 aromatic carbocycles. The van der Waals surface area contributed by atoms with Crippen LogP contribution in [0.25, 0.3) is 0 Å². The zero-order valence-electron chi connectivity index (χ0n) is 15.3. The van der Waals surface area contributed by atoms with E-state index in [-0.39, 0.29) is 18.4 Å². The minimum atomic E-state index is -1.15. The predicted molar refractivity (Wildman–Crippen MR) is 102 cm³/mol. The summed E-state index contributed by atoms with van der Waals surface area (Å²) in [6, 6.07) is 13.3. The molecule has 1 unspecified atom stereocenters. The molecule has 0 spiro atoms. The molecule has 1 fully saturated rings. The van der Waals surface area contributed by atoms with Crippen molar-refractivity contribution in [2.75, 3.05) is 14.1 Å². The predicted octanol–water partition coefficient (Wildman–Crippen LogP) is 3.01. The van der Waals surface area contributed by atoms with E-state index >= 15 is 0 Å². The molecule has 7 heteroatoms. The average Bonchev–Trinajstić information content (AvgIpc) is 2.86. The van der Waals surface area contributed by atoms with Gasteiger partial charge in [0.25, 0.3) is 11.8 Å². The molecule has 0 radical (unpaired) electrons. The van der Waals surface area contributed by atoms with E-state index in [1.807, 2.05) is 0 Å². The van der Waals surface area contributed by atoms with Crippen molar-refractivity contribution in [1.82, 2.24) is 15.1 Å². The molecule has 3 rings (SSSR count). The highest BCUT2D eigenvalue weighted by molar-refractivity contribution is 6.30. The number of rotatable bonds is 4. The lowest BCUT2D eigenvalue weighted by Gasteiger charge is -2.22. The lowest BCUT2D eigenvalue weighted by Crippen LogP contribution is -2.40. The Morgan fingerprint density at radius 2 is 1.81 bits per heavy atom. The Kier molecular flexibility index (Phi) is 4.93. The summed E-state index contributed by atoms with van der Waals surface area (Å²) < 4.78 is 0. The topological polar surface area (TPSA) is 69.7 Å². The molecule has 140 valence electrons. The molecule has 0 saturated carbocycles. The van der Waals surface area contributed by atoms with E-state index in [9.17, 15) is 14.4 Å². The molecule has 1 saturated heterocycles. The number of halogens is 1. The molecule has 0 bridgehead atoms. The van der Waals surface area contributed by atoms with Crippen LogP contribution in [0.1, 0.15) is 28.4 Å². The second kappa shape index (κ2) is 7.04. The smallest absolute Gasteiger partial charge is 0.325 e. The quantitative estimate of drug-likeness (QED) is 0.822. The van der Waals surface area contributed by atoms with Gasteiger partial charge in [-0.05, 0) is 42.3 Å². The van der Waals surface area contributed by atoms with E-state index in [0.717, 1.165) is 4.90 Å². The Morgan fingerprint density at radius 3 is 2.44 bits per heavy atom. The summed E-state index contributed by atoms with van der Waals surface area (Å²) in [6.45, 7) is 1.75. The van der Waals surface area contributed by atoms with Gasteiger partial charge in [-0.15, -0.1) is 0 Å². The van der Waals surface area contributed by atoms with Crippen LogP contribution in [-0.2, 0) is 16.9 Å². The first-order valence-electron chi connectivity index (χ1n) is 8.43. The summed E-state index contributed by atoms with van der Waals surface area (Å²) in [5.41, 5.74) is 0.708. The Morgan fingerprint density at radius 1 is 1.15 bits per heavy atom. The van der Waals surface area contributed by atoms with Gasteiger partial charge in [0.1, 0.15) is 5.54 Å². The van der Waals surface area contributed by atoms with Gasteiger partial charge in [0.15, 0.2) is 0 Å². The van der Waals surface area contributed by atoms with Crippen molar-refractivity contribution in [3.8, 4) is 0 Å². The Balaban J connectivity index is 1.85. The second-order valence-corrected chi connectivity index (χ2v) is 7.29. The maximum atomic E-state index is 13.0. The zero-order valence-corrected chi connectivity index (χ0v) is 16.1. The van der Waals surface area contributed by atoms with Gasteiger partial charge in [0.2, 0.25) is 0 Å². The fourth-order valence-corrected chi connectivity index (χ4v) is 3.19. The summed E-state index contributed by atoms with van der Waals surface area (Å²) in [5, 5.41) is 3.31. The molecule has 4 amide bonds. The minimum Gasteiger partial charge on any atom is -0.345 e. The minimum absolute atomic E-state index is 0.0857. The number of hydrogen-bond acceptors (Lipinski definition) is 3. The molecular weight excluding hydrogens is 366 g/mol. The highest BCUT2D eigenvalue weighted by Crippen LogP contribution is 2.30. The van der Waals surface area contributed by atoms with E-state index in [4.69, 9.17) is 11.6 Å². The number of carbonyl (C=O) groups excluding carboxylic acids is 3. The fourth-order valence-electron chi connectivity index (χ4n) is 3.06. The maximum absolute atomic E-state index is 13.0. The highest BCUT2D eigenvalue weighted by Gasteiger charge is 2.48. The number of urea groups is 1. The zero-order chi connectivity index (χ0) is 19.8. The number of amides is 4. The van der Waals surface area contributed by atoms with Gasteiger partial charge in [0, 0.05) is 24.7 Å². The first-order valence-corrected chi connectivity index (χ1v) is 8.81. The number of nitrogens with one attached hydrogen (secondary N) is 1. The summed E-state index contributed by atoms with van der Waals surface area (Å²) >= 11 is 5.91. The summed E-state index contributed by atoms with van der Waals surface area (Å²) in [7, 11) is 3.34. The van der Waals surface area contributed by atoms with Gasteiger partial charge in [0.05, 0.1) is 6.54 Å². The van der Waals surface area contributed by atoms with Crippen molar-refractivity contribution in [2.24, 2.45) is 0 Å². The van der Waals surface area contributed by atoms with Gasteiger partial charge in [-0.2, -0.15) is 0 Å². The number of imide groups is 1. The molecule has 0 aliphatic carbocycles. The molecule has 1 aliphatic rings. The van der Waals surface area contributed by atoms with Crippen LogP contribution in [0.2, 0.25) is 5.02 Å². The van der Waals surface area contributed by atoms with Crippen LogP contribution in [-0.4, -0.2) is 41.7 Å². The Bertz CT molecular complexity index is 911. The monoisotopic (exact) mass is 385 g/mol. The van der Waals surface area contributed by atoms with Gasteiger partial charge in [-0.1, -0.05) is 35.9 Å². The van der Waals surface area contributed by atoms with E-state index in [2.05, 4.69) is 5.32 Å². The van der Waals surface area contributed by atoms with Crippen molar-refractivity contribution in [3.05, 3.63) is 70.2 Å². The number of nitrogens with zero attached hydrogens (tertiary/aromatic N) is 2. The third-order valence-corrected chi connectivity index (χ3v) is 4.87. The van der Waals surface area contributed by atoms with Crippen molar-refractivity contribution < 1.29 is 14.4 Å². The SMILES string of the molecule is CN(C)C(=O)c1cccc(CN2C(=O)NC(C)(c3ccc(Cl)cc3)C2=O)c1. The molecule has 1 atom stereocenters. The number of hydrogen-bond donors (Lipinski definition) is 1. The van der Waals surface area contributed by atoms with Crippen LogP contribution >= 0.6 is 11.6 Å². The van der Waals surface area contributed by atoms with E-state index < -0.39 is 11.6 Å². The van der Waals surface area contributed by atoms with E-state index in [0.29, 0.717) is 21.7 Å². The molecule has 1 aliphatic heterocycles. The van der Waals surface area contributed by atoms with Crippen LogP contribution in [0.15, 0.2) is 48.5 Å². The van der Waals surface area contributed by atoms with Gasteiger partial charge in [-0.3, -0.25) is 14.5 Å². The van der Waals surface area contributed by atoms with E-state index in [1.54, 1.807) is 69.6 Å². The Hall–Kier alpha value is -2.86. The molecule has 6 nitrogen and oxygen atoms in total. The fraction of sp³-hybridized carbons (Fsp3) is 0.250. The van der Waals surface area contributed by atoms with Crippen molar-refractivity contribution in [2.45, 2.75) is 19.0 Å². The van der Waals surface area contributed by atoms with Crippen LogP contribution in [0.5, 0.6) is 0 Å². The largest absolute Gasteiger partial charge is 0.345 e. The number of carbonyl (C=O) groups is 3. The van der Waals surface area contributed by atoms with Gasteiger partial charge in [-0.25, -0.2) is 4.79 Å². The summed E-state index contributed by atoms with van der Waals surface area (Å²) in [4.78, 5) is 40.2. The van der Waals surface area contributed by atoms with Crippen LogP contribution < -0.4 is 5.32 Å². The third kappa shape index (κ3) is 3.53. The average molecular weight is 386 g/mol. The molecule has 1 N–H and O–H groups in total. The molecule has 1 heterocycles. The van der Waals surface area contributed by atoms with Gasteiger partial charge >= 0.3 is 6.03 Å². The van der Waals surface area contributed by atoms with E-state index in [1.165, 1.54) is 4.90 Å². The van der Waals surface area contributed by atoms with Crippen LogP contribution in [0, 0.1) is 0 Å². The normalized spacial score (nSPS) is 19.2. The molecular formula is C20H20ClN3O3. The molecule has 2 aromatic rings. The Labute approximate surface area is 162 Å². The maximum Gasteiger partial charge on any atom is 0.325 e. The van der Waals surface area contributed by atoms with Crippen molar-refractivity contribution in [1.29, 1.82) is 0 Å². The van der Waals surface area contributed by atoms with Crippen LogP contribution in [0.4, 0.5) is 4.79 Å². The van der Waals surface area contributed by atoms with Crippen LogP contribution in [0.3, 0.4) is 0 Å². The van der Waals surface area contributed by atoms with Gasteiger partial charge < -0.3 is 10.2 Å². The second-order valence-electron chi connectivity index (χ2n) is 6.85. The summed E-state index contributed by atoms with van der Waals surface area (Å²) in [6.07, 6.45) is 0. The first kappa shape index (κ1) is 18.9. The van der Waals surface area contributed by atoms with Crippen molar-refractivity contribution in [3.63, 3.8) is 0 Å². The highest BCUT2D eigenvalue weighted by atomic mass is 35.5. The molecule has 27 heavy (non-hydrogen) atoms. The standard InChI is InChI=1S/C20H20ClN3O3/c1-20(15-7-9-16(21)10-8-15)18(26)24(19(27)22-20)12-13-5-4-6-14(11-13)17(25)23(2)3/h4-11H,12H2,1-3H3,(H,22,27). The molecule has 0 aromatic heterocycles. The first-order chi connectivity index (χ1) is 12.7. The third-order valence-electron chi connectivity index (χ3n) is 4.62. The van der Waals surface area contributed by atoms with Crippen molar-refractivity contribution >= 4 is 29.4 Å².